The second-order valence-electron chi connectivity index (χ2n) is 6.96. The maximum Gasteiger partial charge on any atom is 0.310 e. The second-order valence-corrected chi connectivity index (χ2v) is 8.73. The number of nitrogens with one attached hydrogen (secondary N) is 2. The molecule has 0 heterocycles. The van der Waals surface area contributed by atoms with Crippen LogP contribution < -0.4 is 10.0 Å². The normalized spacial score (nSPS) is 11.9. The monoisotopic (exact) mass is 408 g/mol. The Morgan fingerprint density at radius 2 is 1.82 bits per heavy atom. The number of amides is 1. The van der Waals surface area contributed by atoms with Gasteiger partial charge in [0.2, 0.25) is 10.0 Å². The third-order valence-electron chi connectivity index (χ3n) is 4.11. The number of carbonyl (C=O) groups is 2. The fraction of sp³-hybridized carbons (Fsp3) is 0.263. The van der Waals surface area contributed by atoms with Gasteiger partial charge in [-0.05, 0) is 62.7 Å². The van der Waals surface area contributed by atoms with Crippen molar-refractivity contribution in [3.8, 4) is 0 Å². The average molecular weight is 408 g/mol. The van der Waals surface area contributed by atoms with Crippen LogP contribution >= 0.6 is 0 Å². The SMILES string of the molecule is Cc1cc(NC(=O)c2cccc(S(=O)(=O)NCC(C)(C)C(=O)O)c2)ccc1F. The molecule has 0 radical (unpaired) electrons. The molecule has 1 amide bonds. The molecule has 2 aromatic rings. The number of carboxylic acid groups (broad SMARTS) is 1. The number of rotatable bonds is 7. The molecule has 0 fully saturated rings. The fourth-order valence-corrected chi connectivity index (χ4v) is 3.42. The lowest BCUT2D eigenvalue weighted by Gasteiger charge is -2.19. The summed E-state index contributed by atoms with van der Waals surface area (Å²) in [6, 6.07) is 9.41. The van der Waals surface area contributed by atoms with E-state index in [1.807, 2.05) is 0 Å². The molecule has 7 nitrogen and oxygen atoms in total. The molecule has 0 spiro atoms. The van der Waals surface area contributed by atoms with Crippen LogP contribution in [0.2, 0.25) is 0 Å². The summed E-state index contributed by atoms with van der Waals surface area (Å²) < 4.78 is 40.4. The summed E-state index contributed by atoms with van der Waals surface area (Å²) >= 11 is 0. The van der Waals surface area contributed by atoms with Gasteiger partial charge in [0, 0.05) is 17.8 Å². The minimum Gasteiger partial charge on any atom is -0.481 e. The van der Waals surface area contributed by atoms with Crippen molar-refractivity contribution in [1.29, 1.82) is 0 Å². The minimum absolute atomic E-state index is 0.0855. The highest BCUT2D eigenvalue weighted by Crippen LogP contribution is 2.18. The molecule has 9 heteroatoms. The van der Waals surface area contributed by atoms with E-state index in [4.69, 9.17) is 5.11 Å². The van der Waals surface area contributed by atoms with Gasteiger partial charge in [-0.15, -0.1) is 0 Å². The minimum atomic E-state index is -4.01. The number of hydrogen-bond acceptors (Lipinski definition) is 4. The Balaban J connectivity index is 2.19. The summed E-state index contributed by atoms with van der Waals surface area (Å²) in [4.78, 5) is 23.4. The van der Waals surface area contributed by atoms with Crippen LogP contribution in [0.5, 0.6) is 0 Å². The molecule has 0 bridgehead atoms. The summed E-state index contributed by atoms with van der Waals surface area (Å²) in [5, 5.41) is 11.7. The number of aliphatic carboxylic acids is 1. The molecule has 0 unspecified atom stereocenters. The zero-order valence-electron chi connectivity index (χ0n) is 15.6. The van der Waals surface area contributed by atoms with Crippen LogP contribution in [0.1, 0.15) is 29.8 Å². The number of carboxylic acids is 1. The smallest absolute Gasteiger partial charge is 0.310 e. The Hall–Kier alpha value is -2.78. The van der Waals surface area contributed by atoms with Crippen LogP contribution in [-0.2, 0) is 14.8 Å². The van der Waals surface area contributed by atoms with Crippen molar-refractivity contribution in [1.82, 2.24) is 4.72 Å². The number of aryl methyl sites for hydroxylation is 1. The number of hydrogen-bond donors (Lipinski definition) is 3. The molecular weight excluding hydrogens is 387 g/mol. The van der Waals surface area contributed by atoms with E-state index >= 15 is 0 Å². The highest BCUT2D eigenvalue weighted by molar-refractivity contribution is 7.89. The largest absolute Gasteiger partial charge is 0.481 e. The molecular formula is C19H21FN2O5S. The van der Waals surface area contributed by atoms with Gasteiger partial charge >= 0.3 is 5.97 Å². The zero-order valence-corrected chi connectivity index (χ0v) is 16.4. The first-order valence-corrected chi connectivity index (χ1v) is 9.81. The van der Waals surface area contributed by atoms with Gasteiger partial charge < -0.3 is 10.4 Å². The van der Waals surface area contributed by atoms with Crippen LogP contribution in [0, 0.1) is 18.2 Å². The Bertz CT molecular complexity index is 1020. The predicted octanol–water partition coefficient (Wildman–Crippen LogP) is 2.78. The molecule has 0 aromatic heterocycles. The first kappa shape index (κ1) is 21.5. The molecule has 0 atom stereocenters. The van der Waals surface area contributed by atoms with Crippen LogP contribution in [0.25, 0.3) is 0 Å². The van der Waals surface area contributed by atoms with Gasteiger partial charge in [0.05, 0.1) is 10.3 Å². The Morgan fingerprint density at radius 1 is 1.14 bits per heavy atom. The van der Waals surface area contributed by atoms with Crippen molar-refractivity contribution in [2.45, 2.75) is 25.7 Å². The van der Waals surface area contributed by atoms with Crippen LogP contribution in [-0.4, -0.2) is 31.9 Å². The van der Waals surface area contributed by atoms with E-state index in [0.717, 1.165) is 0 Å². The van der Waals surface area contributed by atoms with Gasteiger partial charge in [-0.25, -0.2) is 17.5 Å². The molecule has 0 aliphatic rings. The highest BCUT2D eigenvalue weighted by Gasteiger charge is 2.29. The Kier molecular flexibility index (Phi) is 6.20. The van der Waals surface area contributed by atoms with Gasteiger partial charge in [0.25, 0.3) is 5.91 Å². The number of sulfonamides is 1. The second kappa shape index (κ2) is 8.07. The van der Waals surface area contributed by atoms with E-state index < -0.39 is 33.1 Å². The molecule has 0 saturated carbocycles. The molecule has 2 aromatic carbocycles. The lowest BCUT2D eigenvalue weighted by molar-refractivity contribution is -0.146. The van der Waals surface area contributed by atoms with E-state index in [1.165, 1.54) is 56.3 Å². The summed E-state index contributed by atoms with van der Waals surface area (Å²) in [6.45, 7) is 4.04. The van der Waals surface area contributed by atoms with Gasteiger partial charge in [0.1, 0.15) is 5.82 Å². The van der Waals surface area contributed by atoms with Crippen LogP contribution in [0.15, 0.2) is 47.4 Å². The van der Waals surface area contributed by atoms with Crippen molar-refractivity contribution < 1.29 is 27.5 Å². The molecule has 0 aliphatic carbocycles. The highest BCUT2D eigenvalue weighted by atomic mass is 32.2. The number of benzene rings is 2. The molecule has 0 aliphatic heterocycles. The number of halogens is 1. The lowest BCUT2D eigenvalue weighted by atomic mass is 9.95. The zero-order chi connectivity index (χ0) is 21.1. The van der Waals surface area contributed by atoms with E-state index in [0.29, 0.717) is 11.3 Å². The first-order valence-electron chi connectivity index (χ1n) is 8.33. The molecule has 2 rings (SSSR count). The predicted molar refractivity (Wildman–Crippen MR) is 102 cm³/mol. The van der Waals surface area contributed by atoms with Crippen molar-refractivity contribution in [2.24, 2.45) is 5.41 Å². The topological polar surface area (TPSA) is 113 Å². The fourth-order valence-electron chi connectivity index (χ4n) is 2.16. The van der Waals surface area contributed by atoms with E-state index in [2.05, 4.69) is 10.0 Å². The molecule has 0 saturated heterocycles. The van der Waals surface area contributed by atoms with Crippen molar-refractivity contribution in [2.75, 3.05) is 11.9 Å². The Morgan fingerprint density at radius 3 is 2.43 bits per heavy atom. The lowest BCUT2D eigenvalue weighted by Crippen LogP contribution is -2.38. The van der Waals surface area contributed by atoms with Crippen LogP contribution in [0.4, 0.5) is 10.1 Å². The number of carbonyl (C=O) groups excluding carboxylic acids is 1. The standard InChI is InChI=1S/C19H21FN2O5S/c1-12-9-14(7-8-16(12)20)22-17(23)13-5-4-6-15(10-13)28(26,27)21-11-19(2,3)18(24)25/h4-10,21H,11H2,1-3H3,(H,22,23)(H,24,25). The third-order valence-corrected chi connectivity index (χ3v) is 5.50. The van der Waals surface area contributed by atoms with E-state index in [1.54, 1.807) is 6.92 Å². The summed E-state index contributed by atoms with van der Waals surface area (Å²) in [5.74, 6) is -2.10. The Labute approximate surface area is 162 Å². The maximum absolute atomic E-state index is 13.3. The quantitative estimate of drug-likeness (QED) is 0.652. The van der Waals surface area contributed by atoms with Gasteiger partial charge in [-0.1, -0.05) is 6.07 Å². The number of anilines is 1. The molecule has 3 N–H and O–H groups in total. The van der Waals surface area contributed by atoms with Gasteiger partial charge in [0.15, 0.2) is 0 Å². The van der Waals surface area contributed by atoms with Crippen molar-refractivity contribution >= 4 is 27.6 Å². The first-order chi connectivity index (χ1) is 12.9. The van der Waals surface area contributed by atoms with Gasteiger partial charge in [-0.3, -0.25) is 9.59 Å². The molecule has 150 valence electrons. The maximum atomic E-state index is 13.3. The average Bonchev–Trinajstić information content (AvgIpc) is 2.63. The van der Waals surface area contributed by atoms with Crippen LogP contribution in [0.3, 0.4) is 0 Å². The van der Waals surface area contributed by atoms with Gasteiger partial charge in [-0.2, -0.15) is 0 Å². The molecule has 28 heavy (non-hydrogen) atoms. The third kappa shape index (κ3) is 5.14. The van der Waals surface area contributed by atoms with Crippen molar-refractivity contribution in [3.63, 3.8) is 0 Å². The summed E-state index contributed by atoms with van der Waals surface area (Å²) in [7, 11) is -4.01. The summed E-state index contributed by atoms with van der Waals surface area (Å²) in [5.41, 5.74) is -0.470. The van der Waals surface area contributed by atoms with Crippen molar-refractivity contribution in [3.05, 3.63) is 59.4 Å². The van der Waals surface area contributed by atoms with E-state index in [9.17, 15) is 22.4 Å². The van der Waals surface area contributed by atoms with E-state index in [-0.39, 0.29) is 17.0 Å². The summed E-state index contributed by atoms with van der Waals surface area (Å²) in [6.07, 6.45) is 0.